The van der Waals surface area contributed by atoms with Crippen LogP contribution in [-0.2, 0) is 6.18 Å². The number of pyridine rings is 1. The number of aromatic amines is 1. The van der Waals surface area contributed by atoms with Crippen molar-refractivity contribution in [3.63, 3.8) is 0 Å². The van der Waals surface area contributed by atoms with Gasteiger partial charge >= 0.3 is 6.18 Å². The summed E-state index contributed by atoms with van der Waals surface area (Å²) in [6.45, 7) is 0. The lowest BCUT2D eigenvalue weighted by atomic mass is 10.1. The molecule has 0 amide bonds. The highest BCUT2D eigenvalue weighted by atomic mass is 35.5. The molecule has 0 atom stereocenters. The smallest absolute Gasteiger partial charge is 0.337 e. The van der Waals surface area contributed by atoms with Crippen molar-refractivity contribution < 1.29 is 13.2 Å². The van der Waals surface area contributed by atoms with Gasteiger partial charge in [-0.25, -0.2) is 9.97 Å². The van der Waals surface area contributed by atoms with Gasteiger partial charge in [-0.05, 0) is 18.2 Å². The molecule has 0 aliphatic carbocycles. The molecule has 2 heterocycles. The van der Waals surface area contributed by atoms with Crippen LogP contribution in [0, 0.1) is 0 Å². The predicted molar refractivity (Wildman–Crippen MR) is 74.3 cm³/mol. The fourth-order valence-electron chi connectivity index (χ4n) is 1.88. The van der Waals surface area contributed by atoms with Crippen molar-refractivity contribution in [1.29, 1.82) is 0 Å². The number of aromatic nitrogens is 3. The van der Waals surface area contributed by atoms with Crippen LogP contribution >= 0.6 is 23.2 Å². The molecule has 1 aromatic carbocycles. The summed E-state index contributed by atoms with van der Waals surface area (Å²) in [6.07, 6.45) is -4.41. The van der Waals surface area contributed by atoms with Crippen molar-refractivity contribution in [1.82, 2.24) is 15.0 Å². The number of fused-ring (bicyclic) bond motifs is 1. The van der Waals surface area contributed by atoms with E-state index in [1.807, 2.05) is 0 Å². The van der Waals surface area contributed by atoms with Crippen LogP contribution in [0.2, 0.25) is 10.2 Å². The first-order valence-electron chi connectivity index (χ1n) is 5.74. The van der Waals surface area contributed by atoms with Crippen LogP contribution < -0.4 is 0 Å². The molecule has 0 saturated carbocycles. The van der Waals surface area contributed by atoms with Crippen LogP contribution in [0.4, 0.5) is 13.2 Å². The molecule has 21 heavy (non-hydrogen) atoms. The van der Waals surface area contributed by atoms with Gasteiger partial charge in [-0.1, -0.05) is 35.3 Å². The molecule has 0 bridgehead atoms. The van der Waals surface area contributed by atoms with E-state index in [4.69, 9.17) is 23.2 Å². The molecule has 0 saturated heterocycles. The first-order valence-corrected chi connectivity index (χ1v) is 6.49. The number of H-pyrrole nitrogens is 1. The molecule has 3 nitrogen and oxygen atoms in total. The van der Waals surface area contributed by atoms with Gasteiger partial charge < -0.3 is 4.98 Å². The summed E-state index contributed by atoms with van der Waals surface area (Å²) in [5.41, 5.74) is 0.341. The number of imidazole rings is 1. The van der Waals surface area contributed by atoms with Gasteiger partial charge in [-0.2, -0.15) is 13.2 Å². The highest BCUT2D eigenvalue weighted by Crippen LogP contribution is 2.32. The normalized spacial score (nSPS) is 12.0. The summed E-state index contributed by atoms with van der Waals surface area (Å²) in [7, 11) is 0. The minimum Gasteiger partial charge on any atom is -0.337 e. The number of alkyl halides is 3. The third-order valence-corrected chi connectivity index (χ3v) is 3.52. The topological polar surface area (TPSA) is 41.6 Å². The summed E-state index contributed by atoms with van der Waals surface area (Å²) < 4.78 is 38.1. The van der Waals surface area contributed by atoms with Crippen molar-refractivity contribution in [2.75, 3.05) is 0 Å². The van der Waals surface area contributed by atoms with Crippen LogP contribution in [0.3, 0.4) is 0 Å². The number of halogens is 5. The Balaban J connectivity index is 2.12. The number of hydrogen-bond donors (Lipinski definition) is 1. The van der Waals surface area contributed by atoms with Crippen molar-refractivity contribution in [3.05, 3.63) is 46.1 Å². The van der Waals surface area contributed by atoms with Crippen LogP contribution in [0.15, 0.2) is 30.3 Å². The third kappa shape index (κ3) is 2.69. The Morgan fingerprint density at radius 2 is 1.81 bits per heavy atom. The first kappa shape index (κ1) is 14.2. The zero-order valence-electron chi connectivity index (χ0n) is 10.2. The fourth-order valence-corrected chi connectivity index (χ4v) is 2.16. The van der Waals surface area contributed by atoms with Gasteiger partial charge in [0.05, 0.1) is 16.1 Å². The largest absolute Gasteiger partial charge is 0.416 e. The highest BCUT2D eigenvalue weighted by molar-refractivity contribution is 6.41. The molecular weight excluding hydrogens is 326 g/mol. The molecule has 3 aromatic rings. The number of nitrogens with zero attached hydrogens (tertiary/aromatic N) is 2. The number of rotatable bonds is 1. The molecule has 0 spiro atoms. The lowest BCUT2D eigenvalue weighted by Gasteiger charge is -2.07. The summed E-state index contributed by atoms with van der Waals surface area (Å²) in [5, 5.41) is 0.328. The van der Waals surface area contributed by atoms with Crippen LogP contribution in [0.5, 0.6) is 0 Å². The lowest BCUT2D eigenvalue weighted by molar-refractivity contribution is -0.137. The molecular formula is C13H6Cl2F3N3. The SMILES string of the molecule is FC(F)(F)c1cccc(-c2nc3nc(Cl)c(Cl)cc3[nH]2)c1. The minimum absolute atomic E-state index is 0.0891. The summed E-state index contributed by atoms with van der Waals surface area (Å²) in [4.78, 5) is 11.0. The Morgan fingerprint density at radius 1 is 1.05 bits per heavy atom. The Hall–Kier alpha value is -1.79. The van der Waals surface area contributed by atoms with Crippen molar-refractivity contribution in [2.24, 2.45) is 0 Å². The number of benzene rings is 1. The fraction of sp³-hybridized carbons (Fsp3) is 0.0769. The van der Waals surface area contributed by atoms with E-state index in [1.165, 1.54) is 18.2 Å². The molecule has 2 aromatic heterocycles. The van der Waals surface area contributed by atoms with Crippen molar-refractivity contribution >= 4 is 34.4 Å². The van der Waals surface area contributed by atoms with E-state index in [1.54, 1.807) is 0 Å². The second-order valence-corrected chi connectivity index (χ2v) is 5.06. The van der Waals surface area contributed by atoms with Gasteiger partial charge in [0.25, 0.3) is 0 Å². The van der Waals surface area contributed by atoms with E-state index < -0.39 is 11.7 Å². The molecule has 108 valence electrons. The van der Waals surface area contributed by atoms with Crippen LogP contribution in [-0.4, -0.2) is 15.0 Å². The van der Waals surface area contributed by atoms with E-state index in [2.05, 4.69) is 15.0 Å². The van der Waals surface area contributed by atoms with Gasteiger partial charge in [-0.3, -0.25) is 0 Å². The Morgan fingerprint density at radius 3 is 2.52 bits per heavy atom. The average Bonchev–Trinajstić information content (AvgIpc) is 2.81. The summed E-state index contributed by atoms with van der Waals surface area (Å²) >= 11 is 11.6. The lowest BCUT2D eigenvalue weighted by Crippen LogP contribution is -2.04. The van der Waals surface area contributed by atoms with E-state index >= 15 is 0 Å². The zero-order valence-corrected chi connectivity index (χ0v) is 11.7. The second kappa shape index (κ2) is 4.89. The zero-order chi connectivity index (χ0) is 15.2. The van der Waals surface area contributed by atoms with Gasteiger partial charge in [0, 0.05) is 5.56 Å². The summed E-state index contributed by atoms with van der Waals surface area (Å²) in [5.74, 6) is 0.266. The predicted octanol–water partition coefficient (Wildman–Crippen LogP) is 4.95. The number of nitrogens with one attached hydrogen (secondary N) is 1. The number of hydrogen-bond acceptors (Lipinski definition) is 2. The van der Waals surface area contributed by atoms with Gasteiger partial charge in [0.1, 0.15) is 11.0 Å². The molecule has 0 aliphatic rings. The van der Waals surface area contributed by atoms with E-state index in [0.717, 1.165) is 12.1 Å². The molecule has 0 fully saturated rings. The molecule has 0 aliphatic heterocycles. The average molecular weight is 332 g/mol. The Bertz CT molecular complexity index is 788. The maximum atomic E-state index is 12.7. The van der Waals surface area contributed by atoms with E-state index in [0.29, 0.717) is 11.1 Å². The molecule has 1 N–H and O–H groups in total. The maximum Gasteiger partial charge on any atom is 0.416 e. The Kier molecular flexibility index (Phi) is 3.30. The highest BCUT2D eigenvalue weighted by Gasteiger charge is 2.30. The van der Waals surface area contributed by atoms with Crippen molar-refractivity contribution in [2.45, 2.75) is 6.18 Å². The van der Waals surface area contributed by atoms with Crippen LogP contribution in [0.25, 0.3) is 22.6 Å². The third-order valence-electron chi connectivity index (χ3n) is 2.85. The minimum atomic E-state index is -4.41. The van der Waals surface area contributed by atoms with Gasteiger partial charge in [0.15, 0.2) is 5.65 Å². The Labute approximate surface area is 126 Å². The molecule has 0 unspecified atom stereocenters. The quantitative estimate of drug-likeness (QED) is 0.641. The van der Waals surface area contributed by atoms with Gasteiger partial charge in [-0.15, -0.1) is 0 Å². The summed E-state index contributed by atoms with van der Waals surface area (Å²) in [6, 6.07) is 6.38. The van der Waals surface area contributed by atoms with E-state index in [-0.39, 0.29) is 21.6 Å². The second-order valence-electron chi connectivity index (χ2n) is 4.30. The monoisotopic (exact) mass is 331 g/mol. The van der Waals surface area contributed by atoms with Crippen molar-refractivity contribution in [3.8, 4) is 11.4 Å². The molecule has 3 rings (SSSR count). The maximum absolute atomic E-state index is 12.7. The molecule has 8 heteroatoms. The molecule has 0 radical (unpaired) electrons. The first-order chi connectivity index (χ1) is 9.84. The standard InChI is InChI=1S/C13H6Cl2F3N3/c14-8-5-9-12(20-10(8)15)21-11(19-9)6-2-1-3-7(4-6)13(16,17)18/h1-5H,(H,19,20,21). The van der Waals surface area contributed by atoms with Crippen LogP contribution in [0.1, 0.15) is 5.56 Å². The van der Waals surface area contributed by atoms with Gasteiger partial charge in [0.2, 0.25) is 0 Å². The van der Waals surface area contributed by atoms with E-state index in [9.17, 15) is 13.2 Å².